The van der Waals surface area contributed by atoms with Gasteiger partial charge in [0.25, 0.3) is 5.91 Å². The van der Waals surface area contributed by atoms with E-state index in [4.69, 9.17) is 14.6 Å². The lowest BCUT2D eigenvalue weighted by atomic mass is 9.72. The zero-order valence-electron chi connectivity index (χ0n) is 19.4. The van der Waals surface area contributed by atoms with Crippen molar-refractivity contribution in [3.05, 3.63) is 53.6 Å². The summed E-state index contributed by atoms with van der Waals surface area (Å²) in [6.07, 6.45) is 0.0403. The van der Waals surface area contributed by atoms with Crippen LogP contribution in [0.15, 0.2) is 42.5 Å². The van der Waals surface area contributed by atoms with Gasteiger partial charge >= 0.3 is 6.18 Å². The van der Waals surface area contributed by atoms with Crippen molar-refractivity contribution in [2.45, 2.75) is 43.9 Å². The third-order valence-electron chi connectivity index (χ3n) is 6.79. The molecule has 0 atom stereocenters. The lowest BCUT2D eigenvalue weighted by molar-refractivity contribution is -0.138. The van der Waals surface area contributed by atoms with Gasteiger partial charge in [-0.05, 0) is 55.5 Å². The van der Waals surface area contributed by atoms with Crippen molar-refractivity contribution in [3.63, 3.8) is 0 Å². The van der Waals surface area contributed by atoms with Gasteiger partial charge in [0.2, 0.25) is 5.91 Å². The Morgan fingerprint density at radius 3 is 2.72 bits per heavy atom. The van der Waals surface area contributed by atoms with Crippen LogP contribution < -0.4 is 19.7 Å². The molecular weight excluding hydrogens is 477 g/mol. The predicted octanol–water partition coefficient (Wildman–Crippen LogP) is 4.54. The molecular formula is C26H25F3N2O5. The number of ether oxygens (including phenoxy) is 2. The second-order valence-corrected chi connectivity index (χ2v) is 9.25. The van der Waals surface area contributed by atoms with Crippen LogP contribution in [0.1, 0.15) is 43.2 Å². The fourth-order valence-electron chi connectivity index (χ4n) is 4.87. The zero-order chi connectivity index (χ0) is 25.5. The van der Waals surface area contributed by atoms with E-state index in [-0.39, 0.29) is 24.9 Å². The molecule has 2 amide bonds. The van der Waals surface area contributed by atoms with Crippen LogP contribution in [0.4, 0.5) is 24.5 Å². The highest BCUT2D eigenvalue weighted by molar-refractivity contribution is 6.07. The summed E-state index contributed by atoms with van der Waals surface area (Å²) in [6.45, 7) is 0.0498. The monoisotopic (exact) mass is 502 g/mol. The number of aliphatic hydroxyl groups excluding tert-OH is 1. The minimum atomic E-state index is -4.50. The maximum atomic E-state index is 13.3. The number of amides is 2. The Balaban J connectivity index is 1.43. The fraction of sp³-hybridized carbons (Fsp3) is 0.385. The van der Waals surface area contributed by atoms with Gasteiger partial charge in [0.15, 0.2) is 12.4 Å². The van der Waals surface area contributed by atoms with Crippen LogP contribution in [-0.4, -0.2) is 42.3 Å². The second-order valence-electron chi connectivity index (χ2n) is 9.25. The quantitative estimate of drug-likeness (QED) is 0.587. The Morgan fingerprint density at radius 2 is 2.03 bits per heavy atom. The highest BCUT2D eigenvalue weighted by atomic mass is 19.4. The van der Waals surface area contributed by atoms with Gasteiger partial charge in [0.1, 0.15) is 11.4 Å². The SMILES string of the molecule is O=C(/C=C1\CC2(CCC2)Oc2cc(C(F)(F)F)ccc21)Nc1cccc2c1OCC(=O)N2CCCO. The molecule has 190 valence electrons. The van der Waals surface area contributed by atoms with E-state index in [1.165, 1.54) is 17.0 Å². The average molecular weight is 502 g/mol. The van der Waals surface area contributed by atoms with E-state index in [9.17, 15) is 22.8 Å². The molecule has 0 bridgehead atoms. The number of fused-ring (bicyclic) bond motifs is 2. The highest BCUT2D eigenvalue weighted by Crippen LogP contribution is 2.50. The Hall–Kier alpha value is -3.53. The van der Waals surface area contributed by atoms with Crippen molar-refractivity contribution < 1.29 is 37.3 Å². The molecule has 2 heterocycles. The number of carbonyl (C=O) groups excluding carboxylic acids is 2. The van der Waals surface area contributed by atoms with Crippen LogP contribution >= 0.6 is 0 Å². The molecule has 1 aliphatic carbocycles. The van der Waals surface area contributed by atoms with Gasteiger partial charge in [0.05, 0.1) is 16.9 Å². The van der Waals surface area contributed by atoms with E-state index in [1.54, 1.807) is 18.2 Å². The largest absolute Gasteiger partial charge is 0.486 e. The Kier molecular flexibility index (Phi) is 6.15. The summed E-state index contributed by atoms with van der Waals surface area (Å²) in [5.41, 5.74) is 0.542. The second kappa shape index (κ2) is 9.16. The molecule has 10 heteroatoms. The summed E-state index contributed by atoms with van der Waals surface area (Å²) < 4.78 is 51.4. The number of anilines is 2. The number of alkyl halides is 3. The number of hydrogen-bond acceptors (Lipinski definition) is 5. The lowest BCUT2D eigenvalue weighted by Gasteiger charge is -2.46. The summed E-state index contributed by atoms with van der Waals surface area (Å²) in [7, 11) is 0. The lowest BCUT2D eigenvalue weighted by Crippen LogP contribution is -2.45. The first-order chi connectivity index (χ1) is 17.2. The summed E-state index contributed by atoms with van der Waals surface area (Å²) in [4.78, 5) is 26.9. The Morgan fingerprint density at radius 1 is 1.22 bits per heavy atom. The third kappa shape index (κ3) is 4.53. The fourth-order valence-corrected chi connectivity index (χ4v) is 4.87. The number of aliphatic hydroxyl groups is 1. The van der Waals surface area contributed by atoms with Crippen LogP contribution in [0, 0.1) is 0 Å². The number of halogens is 3. The number of nitrogens with zero attached hydrogens (tertiary/aromatic N) is 1. The predicted molar refractivity (Wildman–Crippen MR) is 126 cm³/mol. The van der Waals surface area contributed by atoms with Gasteiger partial charge in [-0.25, -0.2) is 0 Å². The van der Waals surface area contributed by atoms with E-state index in [2.05, 4.69) is 5.32 Å². The maximum absolute atomic E-state index is 13.3. The van der Waals surface area contributed by atoms with Crippen molar-refractivity contribution in [3.8, 4) is 11.5 Å². The van der Waals surface area contributed by atoms with Gasteiger partial charge in [0, 0.05) is 31.2 Å². The zero-order valence-corrected chi connectivity index (χ0v) is 19.4. The number of hydrogen-bond donors (Lipinski definition) is 2. The maximum Gasteiger partial charge on any atom is 0.416 e. The number of nitrogens with one attached hydrogen (secondary N) is 1. The molecule has 36 heavy (non-hydrogen) atoms. The van der Waals surface area contributed by atoms with Crippen molar-refractivity contribution >= 4 is 28.8 Å². The molecule has 5 rings (SSSR count). The Labute approximate surface area is 205 Å². The van der Waals surface area contributed by atoms with Crippen LogP contribution in [0.25, 0.3) is 5.57 Å². The molecule has 0 saturated heterocycles. The Bertz CT molecular complexity index is 1240. The van der Waals surface area contributed by atoms with Gasteiger partial charge in [-0.1, -0.05) is 12.1 Å². The van der Waals surface area contributed by atoms with Crippen LogP contribution in [0.3, 0.4) is 0 Å². The minimum absolute atomic E-state index is 0.0683. The molecule has 0 unspecified atom stereocenters. The molecule has 0 aromatic heterocycles. The topological polar surface area (TPSA) is 88.1 Å². The first kappa shape index (κ1) is 24.2. The molecule has 2 N–H and O–H groups in total. The van der Waals surface area contributed by atoms with E-state index in [0.29, 0.717) is 60.5 Å². The summed E-state index contributed by atoms with van der Waals surface area (Å²) in [6, 6.07) is 8.37. The molecule has 1 saturated carbocycles. The third-order valence-corrected chi connectivity index (χ3v) is 6.79. The van der Waals surface area contributed by atoms with Crippen LogP contribution in [0.2, 0.25) is 0 Å². The molecule has 2 aliphatic heterocycles. The number of carbonyl (C=O) groups is 2. The smallest absolute Gasteiger partial charge is 0.416 e. The van der Waals surface area contributed by atoms with Gasteiger partial charge in [-0.2, -0.15) is 13.2 Å². The van der Waals surface area contributed by atoms with Gasteiger partial charge in [-0.3, -0.25) is 9.59 Å². The van der Waals surface area contributed by atoms with E-state index in [0.717, 1.165) is 18.6 Å². The number of para-hydroxylation sites is 1. The molecule has 1 fully saturated rings. The minimum Gasteiger partial charge on any atom is -0.486 e. The molecule has 3 aliphatic rings. The van der Waals surface area contributed by atoms with Crippen molar-refractivity contribution in [2.75, 3.05) is 30.0 Å². The molecule has 2 aromatic carbocycles. The first-order valence-electron chi connectivity index (χ1n) is 11.8. The van der Waals surface area contributed by atoms with Gasteiger partial charge in [-0.15, -0.1) is 0 Å². The normalized spacial score (nSPS) is 19.2. The van der Waals surface area contributed by atoms with Crippen molar-refractivity contribution in [1.82, 2.24) is 0 Å². The molecule has 1 spiro atoms. The van der Waals surface area contributed by atoms with Crippen molar-refractivity contribution in [2.24, 2.45) is 0 Å². The molecule has 7 nitrogen and oxygen atoms in total. The average Bonchev–Trinajstić information content (AvgIpc) is 2.81. The number of rotatable bonds is 5. The van der Waals surface area contributed by atoms with E-state index in [1.807, 2.05) is 0 Å². The van der Waals surface area contributed by atoms with Gasteiger partial charge < -0.3 is 24.8 Å². The standard InChI is InChI=1S/C26H25F3N2O5/c27-26(28,29)17-6-7-18-16(14-25(8-2-9-25)36-21(18)13-17)12-22(33)30-19-4-1-5-20-24(19)35-15-23(34)31(20)10-3-11-32/h1,4-7,12-13,32H,2-3,8-11,14-15H2,(H,30,33)/b16-12+. The number of benzene rings is 2. The van der Waals surface area contributed by atoms with Crippen molar-refractivity contribution in [1.29, 1.82) is 0 Å². The first-order valence-corrected chi connectivity index (χ1v) is 11.8. The summed E-state index contributed by atoms with van der Waals surface area (Å²) in [5, 5.41) is 11.9. The van der Waals surface area contributed by atoms with E-state index < -0.39 is 23.2 Å². The van der Waals surface area contributed by atoms with Crippen LogP contribution in [-0.2, 0) is 15.8 Å². The van der Waals surface area contributed by atoms with E-state index >= 15 is 0 Å². The van der Waals surface area contributed by atoms with Crippen LogP contribution in [0.5, 0.6) is 11.5 Å². The summed E-state index contributed by atoms with van der Waals surface area (Å²) in [5.74, 6) is -0.236. The highest BCUT2D eigenvalue weighted by Gasteiger charge is 2.44. The summed E-state index contributed by atoms with van der Waals surface area (Å²) >= 11 is 0. The molecule has 0 radical (unpaired) electrons. The molecule has 2 aromatic rings.